The summed E-state index contributed by atoms with van der Waals surface area (Å²) in [5.41, 5.74) is 7.90. The second-order valence-electron chi connectivity index (χ2n) is 2.88. The molecule has 0 radical (unpaired) electrons. The van der Waals surface area contributed by atoms with E-state index in [-0.39, 0.29) is 0 Å². The Bertz CT molecular complexity index is 241. The summed E-state index contributed by atoms with van der Waals surface area (Å²) >= 11 is 0. The zero-order valence-electron chi connectivity index (χ0n) is 7.67. The minimum atomic E-state index is 0.381. The third-order valence-electron chi connectivity index (χ3n) is 2.13. The second-order valence-corrected chi connectivity index (χ2v) is 2.88. The molecule has 0 saturated heterocycles. The minimum Gasteiger partial charge on any atom is -0.398 e. The molecule has 0 bridgehead atoms. The minimum absolute atomic E-state index is 0.381. The normalized spacial score (nSPS) is 12.8. The van der Waals surface area contributed by atoms with Crippen molar-refractivity contribution in [2.75, 3.05) is 12.8 Å². The van der Waals surface area contributed by atoms with Crippen molar-refractivity contribution < 1.29 is 0 Å². The highest BCUT2D eigenvalue weighted by molar-refractivity contribution is 5.48. The molecular formula is C10H16N2. The fraction of sp³-hybridized carbons (Fsp3) is 0.400. The number of rotatable bonds is 3. The van der Waals surface area contributed by atoms with E-state index < -0.39 is 0 Å². The molecule has 0 aliphatic carbocycles. The van der Waals surface area contributed by atoms with Crippen LogP contribution in [-0.4, -0.2) is 7.05 Å². The van der Waals surface area contributed by atoms with Crippen molar-refractivity contribution in [3.63, 3.8) is 0 Å². The van der Waals surface area contributed by atoms with E-state index in [2.05, 4.69) is 18.3 Å². The molecule has 0 aliphatic heterocycles. The number of para-hydroxylation sites is 1. The number of nitrogen functional groups attached to an aromatic ring is 1. The maximum absolute atomic E-state index is 5.83. The number of nitrogens with one attached hydrogen (secondary N) is 1. The van der Waals surface area contributed by atoms with Gasteiger partial charge in [0.2, 0.25) is 0 Å². The van der Waals surface area contributed by atoms with Crippen molar-refractivity contribution in [3.8, 4) is 0 Å². The summed E-state index contributed by atoms with van der Waals surface area (Å²) in [5.74, 6) is 0. The summed E-state index contributed by atoms with van der Waals surface area (Å²) in [6.45, 7) is 2.15. The van der Waals surface area contributed by atoms with Crippen LogP contribution in [-0.2, 0) is 0 Å². The molecule has 1 unspecified atom stereocenters. The zero-order chi connectivity index (χ0) is 8.97. The molecule has 1 aromatic carbocycles. The second kappa shape index (κ2) is 4.12. The number of hydrogen-bond donors (Lipinski definition) is 2. The van der Waals surface area contributed by atoms with E-state index in [0.29, 0.717) is 6.04 Å². The van der Waals surface area contributed by atoms with Crippen molar-refractivity contribution in [1.29, 1.82) is 0 Å². The van der Waals surface area contributed by atoms with Crippen LogP contribution in [0.25, 0.3) is 0 Å². The van der Waals surface area contributed by atoms with E-state index in [1.54, 1.807) is 0 Å². The van der Waals surface area contributed by atoms with Crippen LogP contribution in [0.2, 0.25) is 0 Å². The molecule has 1 aromatic rings. The molecule has 1 atom stereocenters. The molecule has 0 aromatic heterocycles. The molecule has 12 heavy (non-hydrogen) atoms. The average molecular weight is 164 g/mol. The predicted molar refractivity (Wildman–Crippen MR) is 52.9 cm³/mol. The number of benzene rings is 1. The lowest BCUT2D eigenvalue weighted by Crippen LogP contribution is -2.16. The van der Waals surface area contributed by atoms with Gasteiger partial charge in [-0.25, -0.2) is 0 Å². The van der Waals surface area contributed by atoms with Crippen LogP contribution in [0, 0.1) is 0 Å². The van der Waals surface area contributed by atoms with E-state index in [9.17, 15) is 0 Å². The van der Waals surface area contributed by atoms with Crippen molar-refractivity contribution in [2.45, 2.75) is 19.4 Å². The lowest BCUT2D eigenvalue weighted by molar-refractivity contribution is 0.578. The number of hydrogen-bond acceptors (Lipinski definition) is 2. The van der Waals surface area contributed by atoms with Crippen molar-refractivity contribution in [2.24, 2.45) is 0 Å². The maximum atomic E-state index is 5.83. The van der Waals surface area contributed by atoms with E-state index in [1.807, 2.05) is 25.2 Å². The Balaban J connectivity index is 2.92. The summed E-state index contributed by atoms with van der Waals surface area (Å²) < 4.78 is 0. The van der Waals surface area contributed by atoms with Crippen molar-refractivity contribution in [1.82, 2.24) is 5.32 Å². The average Bonchev–Trinajstić information content (AvgIpc) is 2.10. The Kier molecular flexibility index (Phi) is 3.11. The van der Waals surface area contributed by atoms with Gasteiger partial charge < -0.3 is 11.1 Å². The van der Waals surface area contributed by atoms with Gasteiger partial charge in [-0.05, 0) is 25.1 Å². The van der Waals surface area contributed by atoms with Crippen LogP contribution in [0.15, 0.2) is 24.3 Å². The topological polar surface area (TPSA) is 38.0 Å². The van der Waals surface area contributed by atoms with Crippen molar-refractivity contribution >= 4 is 5.69 Å². The van der Waals surface area contributed by atoms with Gasteiger partial charge in [-0.15, -0.1) is 0 Å². The summed E-state index contributed by atoms with van der Waals surface area (Å²) in [6.07, 6.45) is 1.06. The summed E-state index contributed by atoms with van der Waals surface area (Å²) in [7, 11) is 1.96. The molecule has 0 fully saturated rings. The SMILES string of the molecule is CCC(NC)c1ccccc1N. The lowest BCUT2D eigenvalue weighted by Gasteiger charge is -2.15. The van der Waals surface area contributed by atoms with Crippen LogP contribution >= 0.6 is 0 Å². The van der Waals surface area contributed by atoms with Crippen molar-refractivity contribution in [3.05, 3.63) is 29.8 Å². The molecule has 66 valence electrons. The first-order valence-electron chi connectivity index (χ1n) is 4.31. The molecule has 0 saturated carbocycles. The molecular weight excluding hydrogens is 148 g/mol. The zero-order valence-corrected chi connectivity index (χ0v) is 7.67. The molecule has 0 aliphatic rings. The monoisotopic (exact) mass is 164 g/mol. The van der Waals surface area contributed by atoms with Crippen LogP contribution in [0.3, 0.4) is 0 Å². The van der Waals surface area contributed by atoms with Gasteiger partial charge in [0.25, 0.3) is 0 Å². The largest absolute Gasteiger partial charge is 0.398 e. The quantitative estimate of drug-likeness (QED) is 0.670. The molecule has 0 amide bonds. The van der Waals surface area contributed by atoms with Gasteiger partial charge in [-0.3, -0.25) is 0 Å². The Hall–Kier alpha value is -1.02. The highest BCUT2D eigenvalue weighted by atomic mass is 14.9. The van der Waals surface area contributed by atoms with Crippen LogP contribution < -0.4 is 11.1 Å². The summed E-state index contributed by atoms with van der Waals surface area (Å²) in [5, 5.41) is 3.23. The fourth-order valence-corrected chi connectivity index (χ4v) is 1.41. The Labute approximate surface area is 73.8 Å². The third-order valence-corrected chi connectivity index (χ3v) is 2.13. The van der Waals surface area contributed by atoms with E-state index in [0.717, 1.165) is 12.1 Å². The van der Waals surface area contributed by atoms with E-state index >= 15 is 0 Å². The number of nitrogens with two attached hydrogens (primary N) is 1. The number of anilines is 1. The van der Waals surface area contributed by atoms with Gasteiger partial charge in [0.15, 0.2) is 0 Å². The molecule has 0 heterocycles. The molecule has 1 rings (SSSR count). The highest BCUT2D eigenvalue weighted by Gasteiger charge is 2.07. The third kappa shape index (κ3) is 1.77. The standard InChI is InChI=1S/C10H16N2/c1-3-10(12-2)8-6-4-5-7-9(8)11/h4-7,10,12H,3,11H2,1-2H3. The van der Waals surface area contributed by atoms with E-state index in [4.69, 9.17) is 5.73 Å². The lowest BCUT2D eigenvalue weighted by atomic mass is 10.0. The predicted octanol–water partition coefficient (Wildman–Crippen LogP) is 1.94. The first-order valence-corrected chi connectivity index (χ1v) is 4.31. The molecule has 2 nitrogen and oxygen atoms in total. The molecule has 3 N–H and O–H groups in total. The van der Waals surface area contributed by atoms with Gasteiger partial charge in [0.05, 0.1) is 0 Å². The van der Waals surface area contributed by atoms with Crippen LogP contribution in [0.5, 0.6) is 0 Å². The van der Waals surface area contributed by atoms with Gasteiger partial charge in [-0.2, -0.15) is 0 Å². The molecule has 0 spiro atoms. The molecule has 2 heteroatoms. The Morgan fingerprint density at radius 1 is 1.42 bits per heavy atom. The first kappa shape index (κ1) is 9.07. The maximum Gasteiger partial charge on any atom is 0.0362 e. The van der Waals surface area contributed by atoms with Crippen LogP contribution in [0.1, 0.15) is 24.9 Å². The smallest absolute Gasteiger partial charge is 0.0362 e. The van der Waals surface area contributed by atoms with E-state index in [1.165, 1.54) is 5.56 Å². The highest BCUT2D eigenvalue weighted by Crippen LogP contribution is 2.21. The van der Waals surface area contributed by atoms with Gasteiger partial charge >= 0.3 is 0 Å². The van der Waals surface area contributed by atoms with Gasteiger partial charge in [-0.1, -0.05) is 25.1 Å². The first-order chi connectivity index (χ1) is 5.79. The summed E-state index contributed by atoms with van der Waals surface area (Å²) in [6, 6.07) is 8.37. The Morgan fingerprint density at radius 3 is 2.58 bits per heavy atom. The summed E-state index contributed by atoms with van der Waals surface area (Å²) in [4.78, 5) is 0. The van der Waals surface area contributed by atoms with Crippen LogP contribution in [0.4, 0.5) is 5.69 Å². The fourth-order valence-electron chi connectivity index (χ4n) is 1.41. The van der Waals surface area contributed by atoms with Gasteiger partial charge in [0.1, 0.15) is 0 Å². The van der Waals surface area contributed by atoms with Gasteiger partial charge in [0, 0.05) is 11.7 Å². The Morgan fingerprint density at radius 2 is 2.08 bits per heavy atom.